The summed E-state index contributed by atoms with van der Waals surface area (Å²) in [6, 6.07) is 34.1. The van der Waals surface area contributed by atoms with E-state index in [1.54, 1.807) is 23.9 Å². The van der Waals surface area contributed by atoms with Crippen molar-refractivity contribution in [3.05, 3.63) is 115 Å². The van der Waals surface area contributed by atoms with Gasteiger partial charge < -0.3 is 4.98 Å². The molecule has 0 spiro atoms. The van der Waals surface area contributed by atoms with Crippen molar-refractivity contribution in [2.45, 2.75) is 10.6 Å². The zero-order valence-electron chi connectivity index (χ0n) is 24.7. The van der Waals surface area contributed by atoms with Crippen molar-refractivity contribution in [3.63, 3.8) is 0 Å². The number of rotatable bonds is 11. The number of anilines is 1. The average molecular weight is 658 g/mol. The van der Waals surface area contributed by atoms with E-state index in [2.05, 4.69) is 47.4 Å². The van der Waals surface area contributed by atoms with Crippen molar-refractivity contribution in [1.29, 1.82) is 0 Å². The Bertz CT molecular complexity index is 2190. The highest BCUT2D eigenvalue weighted by molar-refractivity contribution is 7.98. The van der Waals surface area contributed by atoms with Crippen LogP contribution in [0.25, 0.3) is 44.2 Å². The summed E-state index contributed by atoms with van der Waals surface area (Å²) in [5.41, 5.74) is 7.20. The second-order valence-electron chi connectivity index (χ2n) is 10.7. The lowest BCUT2D eigenvalue weighted by Gasteiger charge is -2.22. The van der Waals surface area contributed by atoms with Gasteiger partial charge in [-0.05, 0) is 53.1 Å². The van der Waals surface area contributed by atoms with Crippen LogP contribution in [-0.2, 0) is 30.1 Å². The number of fused-ring (bicyclic) bond motifs is 3. The van der Waals surface area contributed by atoms with Gasteiger partial charge in [-0.25, -0.2) is 13.4 Å². The van der Waals surface area contributed by atoms with Crippen LogP contribution in [0.5, 0.6) is 0 Å². The number of aromatic nitrogens is 2. The Balaban J connectivity index is 1.42. The van der Waals surface area contributed by atoms with E-state index in [9.17, 15) is 16.8 Å². The van der Waals surface area contributed by atoms with E-state index < -0.39 is 20.1 Å². The average Bonchev–Trinajstić information content (AvgIpc) is 3.40. The van der Waals surface area contributed by atoms with Gasteiger partial charge in [-0.2, -0.15) is 8.42 Å². The smallest absolute Gasteiger partial charge is 0.264 e. The minimum atomic E-state index is -3.70. The van der Waals surface area contributed by atoms with Crippen molar-refractivity contribution in [2.75, 3.05) is 30.0 Å². The third-order valence-corrected chi connectivity index (χ3v) is 10.2. The highest BCUT2D eigenvalue weighted by atomic mass is 32.2. The minimum Gasteiger partial charge on any atom is -0.339 e. The number of sulfonamides is 1. The number of hydrogen-bond acceptors (Lipinski definition) is 7. The maximum atomic E-state index is 12.6. The first-order chi connectivity index (χ1) is 21.6. The summed E-state index contributed by atoms with van der Waals surface area (Å²) in [6.07, 6.45) is 3.85. The van der Waals surface area contributed by atoms with Gasteiger partial charge in [0, 0.05) is 44.3 Å². The molecule has 0 aliphatic carbocycles. The summed E-state index contributed by atoms with van der Waals surface area (Å²) in [4.78, 5) is 9.53. The summed E-state index contributed by atoms with van der Waals surface area (Å²) < 4.78 is 53.9. The Kier molecular flexibility index (Phi) is 8.69. The number of thioether (sulfide) groups is 1. The Morgan fingerprint density at radius 1 is 0.822 bits per heavy atom. The maximum Gasteiger partial charge on any atom is 0.264 e. The summed E-state index contributed by atoms with van der Waals surface area (Å²) in [6.45, 7) is -0.437. The van der Waals surface area contributed by atoms with Gasteiger partial charge in [-0.15, -0.1) is 11.8 Å². The molecule has 0 unspecified atom stereocenters. The first-order valence-electron chi connectivity index (χ1n) is 14.2. The van der Waals surface area contributed by atoms with E-state index in [-0.39, 0.29) is 13.2 Å². The molecular formula is C34H31N3O5S3. The molecule has 6 rings (SSSR count). The predicted octanol–water partition coefficient (Wildman–Crippen LogP) is 7.08. The van der Waals surface area contributed by atoms with Gasteiger partial charge in [-0.3, -0.25) is 8.49 Å². The first kappa shape index (κ1) is 30.8. The number of aromatic amines is 1. The van der Waals surface area contributed by atoms with Gasteiger partial charge >= 0.3 is 0 Å². The van der Waals surface area contributed by atoms with E-state index in [4.69, 9.17) is 9.17 Å². The Morgan fingerprint density at radius 2 is 1.51 bits per heavy atom. The molecule has 8 nitrogen and oxygen atoms in total. The van der Waals surface area contributed by atoms with Gasteiger partial charge in [-0.1, -0.05) is 66.7 Å². The highest BCUT2D eigenvalue weighted by Crippen LogP contribution is 2.41. The molecule has 0 aliphatic rings. The quantitative estimate of drug-likeness (QED) is 0.117. The molecule has 0 saturated heterocycles. The van der Waals surface area contributed by atoms with Gasteiger partial charge in [0.1, 0.15) is 5.65 Å². The Labute approximate surface area is 267 Å². The predicted molar refractivity (Wildman–Crippen MR) is 183 cm³/mol. The summed E-state index contributed by atoms with van der Waals surface area (Å²) in [7, 11) is -7.40. The fourth-order valence-corrected chi connectivity index (χ4v) is 7.52. The van der Waals surface area contributed by atoms with Crippen LogP contribution in [0.1, 0.15) is 5.56 Å². The number of pyridine rings is 1. The Morgan fingerprint density at radius 3 is 2.18 bits per heavy atom. The third kappa shape index (κ3) is 7.07. The number of benzene rings is 4. The topological polar surface area (TPSA) is 109 Å². The van der Waals surface area contributed by atoms with E-state index in [1.165, 1.54) is 10.5 Å². The monoisotopic (exact) mass is 657 g/mol. The lowest BCUT2D eigenvalue weighted by atomic mass is 9.92. The molecule has 0 bridgehead atoms. The summed E-state index contributed by atoms with van der Waals surface area (Å²) in [5.74, 6) is 0.827. The molecule has 1 N–H and O–H groups in total. The lowest BCUT2D eigenvalue weighted by molar-refractivity contribution is 0.331. The SMILES string of the molecule is CS(=O)(=O)OCCN(c1ccc(-c2cnc3[nH]c4ccc(CSc5ccccc5)cc4c3c2-c2ccccc2)cc1)S(C)(=O)=O. The molecule has 4 aromatic carbocycles. The van der Waals surface area contributed by atoms with Crippen LogP contribution in [0.2, 0.25) is 0 Å². The molecule has 2 heterocycles. The van der Waals surface area contributed by atoms with Crippen LogP contribution in [-0.4, -0.2) is 52.5 Å². The molecule has 0 radical (unpaired) electrons. The third-order valence-electron chi connectivity index (χ3n) is 7.35. The first-order valence-corrected chi connectivity index (χ1v) is 18.8. The van der Waals surface area contributed by atoms with Crippen LogP contribution in [0.4, 0.5) is 5.69 Å². The second-order valence-corrected chi connectivity index (χ2v) is 15.3. The van der Waals surface area contributed by atoms with E-state index >= 15 is 0 Å². The van der Waals surface area contributed by atoms with E-state index in [0.717, 1.165) is 66.8 Å². The number of H-pyrrole nitrogens is 1. The summed E-state index contributed by atoms with van der Waals surface area (Å²) in [5, 5.41) is 2.09. The normalized spacial score (nSPS) is 12.1. The molecule has 0 amide bonds. The molecule has 45 heavy (non-hydrogen) atoms. The molecule has 11 heteroatoms. The van der Waals surface area contributed by atoms with Crippen LogP contribution in [0.3, 0.4) is 0 Å². The highest BCUT2D eigenvalue weighted by Gasteiger charge is 2.21. The fourth-order valence-electron chi connectivity index (χ4n) is 5.36. The van der Waals surface area contributed by atoms with E-state index in [0.29, 0.717) is 5.69 Å². The fraction of sp³-hybridized carbons (Fsp3) is 0.147. The molecule has 230 valence electrons. The van der Waals surface area contributed by atoms with Crippen LogP contribution in [0.15, 0.2) is 114 Å². The molecule has 6 aromatic rings. The van der Waals surface area contributed by atoms with Crippen molar-refractivity contribution in [3.8, 4) is 22.3 Å². The largest absolute Gasteiger partial charge is 0.339 e. The molecular weight excluding hydrogens is 627 g/mol. The van der Waals surface area contributed by atoms with Gasteiger partial charge in [0.15, 0.2) is 0 Å². The van der Waals surface area contributed by atoms with Gasteiger partial charge in [0.2, 0.25) is 10.0 Å². The molecule has 0 fully saturated rings. The molecule has 2 aromatic heterocycles. The minimum absolute atomic E-state index is 0.145. The number of hydrogen-bond donors (Lipinski definition) is 1. The maximum absolute atomic E-state index is 12.6. The van der Waals surface area contributed by atoms with Gasteiger partial charge in [0.05, 0.1) is 31.4 Å². The molecule has 0 saturated carbocycles. The lowest BCUT2D eigenvalue weighted by Crippen LogP contribution is -2.33. The van der Waals surface area contributed by atoms with Crippen molar-refractivity contribution >= 4 is 59.5 Å². The van der Waals surface area contributed by atoms with Gasteiger partial charge in [0.25, 0.3) is 10.1 Å². The Hall–Kier alpha value is -4.16. The zero-order chi connectivity index (χ0) is 31.6. The van der Waals surface area contributed by atoms with Crippen molar-refractivity contribution in [2.24, 2.45) is 0 Å². The van der Waals surface area contributed by atoms with Crippen LogP contribution < -0.4 is 4.31 Å². The van der Waals surface area contributed by atoms with Crippen LogP contribution >= 0.6 is 11.8 Å². The molecule has 0 atom stereocenters. The molecule has 0 aliphatic heterocycles. The zero-order valence-corrected chi connectivity index (χ0v) is 27.1. The second kappa shape index (κ2) is 12.7. The van der Waals surface area contributed by atoms with Crippen molar-refractivity contribution < 1.29 is 21.0 Å². The number of nitrogens with zero attached hydrogens (tertiary/aromatic N) is 2. The summed E-state index contributed by atoms with van der Waals surface area (Å²) >= 11 is 1.79. The standard InChI is InChI=1S/C34H31N3O5S3/c1-44(38,39)37(19-20-42-45(2,40)41)27-16-14-25(15-17-27)30-22-35-34-33(32(30)26-9-5-3-6-10-26)29-21-24(13-18-31(29)36-34)23-43-28-11-7-4-8-12-28/h3-18,21-22H,19-20,23H2,1-2H3,(H,35,36). The van der Waals surface area contributed by atoms with Crippen LogP contribution in [0, 0.1) is 0 Å². The van der Waals surface area contributed by atoms with E-state index in [1.807, 2.05) is 54.7 Å². The van der Waals surface area contributed by atoms with Crippen molar-refractivity contribution in [1.82, 2.24) is 9.97 Å². The number of nitrogens with one attached hydrogen (secondary N) is 1.